The summed E-state index contributed by atoms with van der Waals surface area (Å²) in [6.07, 6.45) is -0.197. The molecule has 1 amide bonds. The highest BCUT2D eigenvalue weighted by Crippen LogP contribution is 2.51. The van der Waals surface area contributed by atoms with Crippen LogP contribution < -0.4 is 14.8 Å². The van der Waals surface area contributed by atoms with E-state index in [-0.39, 0.29) is 31.4 Å². The third-order valence-electron chi connectivity index (χ3n) is 4.91. The van der Waals surface area contributed by atoms with E-state index in [1.54, 1.807) is 44.5 Å². The molecule has 200 valence electrons. The summed E-state index contributed by atoms with van der Waals surface area (Å²) < 4.78 is 40.5. The second-order valence-electron chi connectivity index (χ2n) is 8.05. The summed E-state index contributed by atoms with van der Waals surface area (Å²) in [6.45, 7) is 6.65. The van der Waals surface area contributed by atoms with Crippen molar-refractivity contribution in [3.63, 3.8) is 0 Å². The molecule has 37 heavy (non-hydrogen) atoms. The van der Waals surface area contributed by atoms with Crippen molar-refractivity contribution in [1.29, 1.82) is 0 Å². The zero-order chi connectivity index (χ0) is 26.7. The molecule has 1 aromatic heterocycles. The Kier molecular flexibility index (Phi) is 11.1. The lowest BCUT2D eigenvalue weighted by molar-refractivity contribution is 0.0914. The fourth-order valence-corrected chi connectivity index (χ4v) is 5.85. The normalized spacial score (nSPS) is 12.2. The van der Waals surface area contributed by atoms with Crippen molar-refractivity contribution in [3.8, 4) is 11.5 Å². The van der Waals surface area contributed by atoms with Gasteiger partial charge in [-0.15, -0.1) is 11.3 Å². The summed E-state index contributed by atoms with van der Waals surface area (Å²) in [4.78, 5) is 17.5. The lowest BCUT2D eigenvalue weighted by Gasteiger charge is -2.16. The number of nitrogens with one attached hydrogen (secondary N) is 1. The van der Waals surface area contributed by atoms with Gasteiger partial charge in [0.1, 0.15) is 24.2 Å². The van der Waals surface area contributed by atoms with Crippen molar-refractivity contribution in [3.05, 3.63) is 70.7 Å². The molecule has 3 rings (SSSR count). The molecule has 0 aliphatic carbocycles. The lowest BCUT2D eigenvalue weighted by atomic mass is 10.2. The number of carbonyl (C=O) groups is 1. The Labute approximate surface area is 221 Å². The van der Waals surface area contributed by atoms with Crippen LogP contribution in [-0.4, -0.2) is 43.9 Å². The van der Waals surface area contributed by atoms with Gasteiger partial charge in [0.15, 0.2) is 5.13 Å². The number of anilines is 1. The molecule has 0 aliphatic rings. The second-order valence-corrected chi connectivity index (χ2v) is 11.0. The van der Waals surface area contributed by atoms with Gasteiger partial charge in [0.25, 0.3) is 5.91 Å². The first-order chi connectivity index (χ1) is 17.8. The summed E-state index contributed by atoms with van der Waals surface area (Å²) >= 11 is 1.23. The molecule has 0 bridgehead atoms. The number of hydrogen-bond acceptors (Lipinski definition) is 9. The van der Waals surface area contributed by atoms with Gasteiger partial charge in [-0.1, -0.05) is 30.3 Å². The average molecular weight is 549 g/mol. The quantitative estimate of drug-likeness (QED) is 0.225. The zero-order valence-corrected chi connectivity index (χ0v) is 23.2. The summed E-state index contributed by atoms with van der Waals surface area (Å²) in [5, 5.41) is 4.89. The minimum atomic E-state index is -3.30. The van der Waals surface area contributed by atoms with Crippen LogP contribution in [0.4, 0.5) is 5.13 Å². The van der Waals surface area contributed by atoms with Crippen LogP contribution in [-0.2, 0) is 31.1 Å². The maximum atomic E-state index is 13.1. The number of hydrogen-bond donors (Lipinski definition) is 1. The molecule has 1 heterocycles. The van der Waals surface area contributed by atoms with Crippen LogP contribution >= 0.6 is 18.9 Å². The van der Waals surface area contributed by atoms with Gasteiger partial charge in [0.2, 0.25) is 0 Å². The van der Waals surface area contributed by atoms with Crippen molar-refractivity contribution in [2.75, 3.05) is 32.2 Å². The highest BCUT2D eigenvalue weighted by molar-refractivity contribution is 7.53. The van der Waals surface area contributed by atoms with E-state index >= 15 is 0 Å². The maximum Gasteiger partial charge on any atom is 0.336 e. The van der Waals surface area contributed by atoms with Crippen LogP contribution in [0.15, 0.2) is 53.9 Å². The summed E-state index contributed by atoms with van der Waals surface area (Å²) in [5.41, 5.74) is 1.86. The van der Waals surface area contributed by atoms with Crippen molar-refractivity contribution in [1.82, 2.24) is 4.98 Å². The molecule has 1 N–H and O–H groups in total. The molecule has 3 aromatic rings. The van der Waals surface area contributed by atoms with Gasteiger partial charge in [0.05, 0.1) is 31.7 Å². The average Bonchev–Trinajstić information content (AvgIpc) is 3.29. The number of thiazole rings is 1. The zero-order valence-electron chi connectivity index (χ0n) is 21.5. The van der Waals surface area contributed by atoms with Crippen LogP contribution in [0.25, 0.3) is 0 Å². The molecular formula is C26H33N2O7PS. The second kappa shape index (κ2) is 14.3. The Morgan fingerprint density at radius 2 is 1.78 bits per heavy atom. The van der Waals surface area contributed by atoms with Gasteiger partial charge in [0, 0.05) is 24.1 Å². The van der Waals surface area contributed by atoms with Crippen LogP contribution in [0, 0.1) is 0 Å². The Bertz CT molecular complexity index is 1180. The highest BCUT2D eigenvalue weighted by atomic mass is 32.1. The third kappa shape index (κ3) is 9.25. The van der Waals surface area contributed by atoms with E-state index in [0.29, 0.717) is 41.1 Å². The van der Waals surface area contributed by atoms with Crippen molar-refractivity contribution < 1.29 is 32.6 Å². The van der Waals surface area contributed by atoms with Gasteiger partial charge in [-0.05, 0) is 38.5 Å². The Morgan fingerprint density at radius 1 is 1.08 bits per heavy atom. The molecule has 9 nitrogen and oxygen atoms in total. The predicted molar refractivity (Wildman–Crippen MR) is 144 cm³/mol. The topological polar surface area (TPSA) is 105 Å². The number of methoxy groups -OCH3 is 1. The van der Waals surface area contributed by atoms with Crippen LogP contribution in [0.1, 0.15) is 42.4 Å². The number of benzene rings is 2. The van der Waals surface area contributed by atoms with Gasteiger partial charge in [-0.25, -0.2) is 4.98 Å². The monoisotopic (exact) mass is 548 g/mol. The van der Waals surface area contributed by atoms with Gasteiger partial charge < -0.3 is 23.3 Å². The fourth-order valence-electron chi connectivity index (χ4n) is 3.42. The first kappa shape index (κ1) is 28.8. The minimum absolute atomic E-state index is 0.0270. The lowest BCUT2D eigenvalue weighted by Crippen LogP contribution is -2.18. The SMILES string of the molecule is CCOP(=O)(Cc1csc(NC(=O)c2cc(OCc3ccccc3)cc(O[C@@H](C)COC)c2)n1)OCC. The first-order valence-electron chi connectivity index (χ1n) is 12.0. The van der Waals surface area contributed by atoms with Crippen molar-refractivity contribution in [2.45, 2.75) is 39.6 Å². The highest BCUT2D eigenvalue weighted by Gasteiger charge is 2.26. The molecule has 0 saturated heterocycles. The molecule has 0 spiro atoms. The summed E-state index contributed by atoms with van der Waals surface area (Å²) in [5.74, 6) is 0.591. The molecule has 0 unspecified atom stereocenters. The summed E-state index contributed by atoms with van der Waals surface area (Å²) in [7, 11) is -1.70. The molecule has 0 aliphatic heterocycles. The van der Waals surface area contributed by atoms with E-state index in [9.17, 15) is 9.36 Å². The largest absolute Gasteiger partial charge is 0.489 e. The van der Waals surface area contributed by atoms with Gasteiger partial charge in [-0.3, -0.25) is 14.7 Å². The molecular weight excluding hydrogens is 515 g/mol. The van der Waals surface area contributed by atoms with E-state index in [2.05, 4.69) is 10.3 Å². The van der Waals surface area contributed by atoms with Gasteiger partial charge in [-0.2, -0.15) is 0 Å². The Hall–Kier alpha value is -2.75. The van der Waals surface area contributed by atoms with Crippen LogP contribution in [0.3, 0.4) is 0 Å². The molecule has 2 aromatic carbocycles. The summed E-state index contributed by atoms with van der Waals surface area (Å²) in [6, 6.07) is 14.8. The number of rotatable bonds is 15. The molecule has 0 saturated carbocycles. The molecule has 11 heteroatoms. The fraction of sp³-hybridized carbons (Fsp3) is 0.385. The maximum absolute atomic E-state index is 13.1. The number of aromatic nitrogens is 1. The standard InChI is InChI=1S/C26H33N2O7PS/c1-5-33-36(30,34-6-2)17-22-18-37-26(27-22)28-25(29)21-12-23(32-16-20-10-8-7-9-11-20)14-24(13-21)35-19(3)15-31-4/h7-14,18-19H,5-6,15-17H2,1-4H3,(H,27,28,29)/t19-/m0/s1. The first-order valence-corrected chi connectivity index (χ1v) is 14.6. The Balaban J connectivity index is 1.75. The van der Waals surface area contributed by atoms with Crippen LogP contribution in [0.5, 0.6) is 11.5 Å². The number of amides is 1. The molecule has 0 fully saturated rings. The molecule has 1 atom stereocenters. The van der Waals surface area contributed by atoms with E-state index in [1.165, 1.54) is 11.3 Å². The third-order valence-corrected chi connectivity index (χ3v) is 7.73. The number of ether oxygens (including phenoxy) is 3. The Morgan fingerprint density at radius 3 is 2.46 bits per heavy atom. The number of carbonyl (C=O) groups excluding carboxylic acids is 1. The predicted octanol–water partition coefficient (Wildman–Crippen LogP) is 6.15. The molecule has 0 radical (unpaired) electrons. The van der Waals surface area contributed by atoms with Crippen molar-refractivity contribution in [2.24, 2.45) is 0 Å². The van der Waals surface area contributed by atoms with Crippen LogP contribution in [0.2, 0.25) is 0 Å². The minimum Gasteiger partial charge on any atom is -0.489 e. The van der Waals surface area contributed by atoms with E-state index in [0.717, 1.165) is 5.56 Å². The number of nitrogens with zero attached hydrogens (tertiary/aromatic N) is 1. The van der Waals surface area contributed by atoms with Crippen molar-refractivity contribution >= 4 is 30.0 Å². The van der Waals surface area contributed by atoms with E-state index < -0.39 is 7.60 Å². The van der Waals surface area contributed by atoms with E-state index in [4.69, 9.17) is 23.3 Å². The van der Waals surface area contributed by atoms with E-state index in [1.807, 2.05) is 37.3 Å². The smallest absolute Gasteiger partial charge is 0.336 e. The van der Waals surface area contributed by atoms with Gasteiger partial charge >= 0.3 is 7.60 Å².